The van der Waals surface area contributed by atoms with Crippen molar-refractivity contribution in [3.05, 3.63) is 58.7 Å². The molecule has 0 radical (unpaired) electrons. The van der Waals surface area contributed by atoms with Crippen molar-refractivity contribution >= 4 is 33.2 Å². The van der Waals surface area contributed by atoms with Crippen LogP contribution in [0.4, 0.5) is 5.82 Å². The summed E-state index contributed by atoms with van der Waals surface area (Å²) in [4.78, 5) is 20.8. The van der Waals surface area contributed by atoms with Gasteiger partial charge in [-0.05, 0) is 33.8 Å². The zero-order valence-corrected chi connectivity index (χ0v) is 18.7. The molecule has 2 N–H and O–H groups in total. The van der Waals surface area contributed by atoms with E-state index >= 15 is 0 Å². The van der Waals surface area contributed by atoms with Crippen LogP contribution in [0.15, 0.2) is 47.3 Å². The smallest absolute Gasteiger partial charge is 0.384 e. The third-order valence-electron chi connectivity index (χ3n) is 4.78. The van der Waals surface area contributed by atoms with Crippen LogP contribution >= 0.6 is 15.9 Å². The first kappa shape index (κ1) is 21.8. The number of ether oxygens (including phenoxy) is 1. The number of hydrogen-bond acceptors (Lipinski definition) is 5. The number of esters is 1. The van der Waals surface area contributed by atoms with Crippen LogP contribution in [-0.4, -0.2) is 20.3 Å². The minimum atomic E-state index is -0.524. The van der Waals surface area contributed by atoms with E-state index in [2.05, 4.69) is 51.6 Å². The Morgan fingerprint density at radius 1 is 1.27 bits per heavy atom. The van der Waals surface area contributed by atoms with E-state index in [0.29, 0.717) is 22.8 Å². The maximum atomic E-state index is 12.0. The molecule has 0 aliphatic carbocycles. The van der Waals surface area contributed by atoms with Crippen molar-refractivity contribution in [3.8, 4) is 11.8 Å². The van der Waals surface area contributed by atoms with Crippen LogP contribution in [0.2, 0.25) is 0 Å². The van der Waals surface area contributed by atoms with E-state index < -0.39 is 5.97 Å². The molecule has 6 nitrogen and oxygen atoms in total. The Hall–Kier alpha value is -2.85. The molecule has 0 saturated carbocycles. The number of nitrogens with two attached hydrogens (primary N) is 1. The van der Waals surface area contributed by atoms with Crippen molar-refractivity contribution in [3.63, 3.8) is 0 Å². The minimum Gasteiger partial charge on any atom is -0.451 e. The zero-order valence-electron chi connectivity index (χ0n) is 17.1. The maximum absolute atomic E-state index is 12.0. The van der Waals surface area contributed by atoms with Crippen LogP contribution in [0.5, 0.6) is 0 Å². The number of fused-ring (bicyclic) bond motifs is 1. The molecule has 2 heterocycles. The predicted molar refractivity (Wildman–Crippen MR) is 121 cm³/mol. The molecule has 7 heteroatoms. The highest BCUT2D eigenvalue weighted by Crippen LogP contribution is 2.31. The van der Waals surface area contributed by atoms with Crippen molar-refractivity contribution in [2.24, 2.45) is 5.92 Å². The summed E-state index contributed by atoms with van der Waals surface area (Å²) in [7, 11) is 0. The van der Waals surface area contributed by atoms with Gasteiger partial charge in [0.25, 0.3) is 0 Å². The van der Waals surface area contributed by atoms with E-state index in [1.54, 1.807) is 6.20 Å². The lowest BCUT2D eigenvalue weighted by molar-refractivity contribution is -0.137. The van der Waals surface area contributed by atoms with E-state index in [9.17, 15) is 4.79 Å². The van der Waals surface area contributed by atoms with Crippen molar-refractivity contribution < 1.29 is 9.53 Å². The first-order valence-corrected chi connectivity index (χ1v) is 10.7. The van der Waals surface area contributed by atoms with E-state index in [0.717, 1.165) is 29.7 Å². The summed E-state index contributed by atoms with van der Waals surface area (Å²) in [5.41, 5.74) is 7.70. The molecule has 156 valence electrons. The number of nitrogens with zero attached hydrogens (tertiary/aromatic N) is 3. The first-order chi connectivity index (χ1) is 14.5. The van der Waals surface area contributed by atoms with Gasteiger partial charge >= 0.3 is 5.97 Å². The van der Waals surface area contributed by atoms with Gasteiger partial charge < -0.3 is 10.5 Å². The molecule has 0 fully saturated rings. The Morgan fingerprint density at radius 2 is 2.03 bits per heavy atom. The van der Waals surface area contributed by atoms with Crippen LogP contribution in [0.25, 0.3) is 5.52 Å². The molecule has 0 bridgehead atoms. The normalized spacial score (nSPS) is 11.9. The van der Waals surface area contributed by atoms with E-state index in [4.69, 9.17) is 10.5 Å². The van der Waals surface area contributed by atoms with Gasteiger partial charge in [0, 0.05) is 30.7 Å². The first-order valence-electron chi connectivity index (χ1n) is 9.93. The number of imidazole rings is 1. The van der Waals surface area contributed by atoms with Crippen LogP contribution in [0.3, 0.4) is 0 Å². The molecule has 0 amide bonds. The van der Waals surface area contributed by atoms with E-state index in [1.165, 1.54) is 0 Å². The Labute approximate surface area is 185 Å². The van der Waals surface area contributed by atoms with Crippen molar-refractivity contribution in [2.45, 2.75) is 45.6 Å². The molecule has 0 aliphatic heterocycles. The number of carbonyl (C=O) groups excluding carboxylic acids is 1. The van der Waals surface area contributed by atoms with Crippen molar-refractivity contribution in [1.29, 1.82) is 0 Å². The molecular weight excluding hydrogens is 444 g/mol. The second-order valence-corrected chi connectivity index (χ2v) is 8.28. The summed E-state index contributed by atoms with van der Waals surface area (Å²) in [6, 6.07) is 9.55. The Morgan fingerprint density at radius 3 is 2.77 bits per heavy atom. The summed E-state index contributed by atoms with van der Waals surface area (Å²) >= 11 is 3.49. The monoisotopic (exact) mass is 468 g/mol. The number of hydrogen-bond donors (Lipinski definition) is 1. The van der Waals surface area contributed by atoms with Gasteiger partial charge in [0.2, 0.25) is 0 Å². The number of rotatable bonds is 7. The molecular formula is C23H25BrN4O2. The predicted octanol–water partition coefficient (Wildman–Crippen LogP) is 4.73. The lowest BCUT2D eigenvalue weighted by Crippen LogP contribution is -2.07. The number of anilines is 1. The summed E-state index contributed by atoms with van der Waals surface area (Å²) in [5, 5.41) is 0. The lowest BCUT2D eigenvalue weighted by atomic mass is 9.94. The summed E-state index contributed by atoms with van der Waals surface area (Å²) < 4.78 is 7.85. The van der Waals surface area contributed by atoms with Crippen LogP contribution in [0, 0.1) is 17.8 Å². The summed E-state index contributed by atoms with van der Waals surface area (Å²) in [6.45, 7) is 4.59. The average Bonchev–Trinajstić information content (AvgIpc) is 3.07. The fraction of sp³-hybridized carbons (Fsp3) is 0.348. The zero-order chi connectivity index (χ0) is 21.5. The lowest BCUT2D eigenvalue weighted by Gasteiger charge is -2.15. The van der Waals surface area contributed by atoms with Gasteiger partial charge in [0.15, 0.2) is 5.82 Å². The number of halogens is 1. The van der Waals surface area contributed by atoms with Crippen molar-refractivity contribution in [2.75, 3.05) is 5.73 Å². The molecule has 1 atom stereocenters. The average molecular weight is 469 g/mol. The Bertz CT molecular complexity index is 1070. The quantitative estimate of drug-likeness (QED) is 0.307. The van der Waals surface area contributed by atoms with Crippen LogP contribution < -0.4 is 5.73 Å². The number of benzene rings is 1. The molecule has 1 aromatic carbocycles. The highest BCUT2D eigenvalue weighted by Gasteiger charge is 2.20. The molecule has 3 aromatic rings. The van der Waals surface area contributed by atoms with Gasteiger partial charge in [-0.25, -0.2) is 14.8 Å². The number of aromatic nitrogens is 3. The summed E-state index contributed by atoms with van der Waals surface area (Å²) in [6.07, 6.45) is 5.94. The SMILES string of the molecule is CC(C)CC[C@H](CC#CC(=O)OCc1ccccc1)c1nc(Br)c2c(N)nccn12. The molecule has 30 heavy (non-hydrogen) atoms. The number of nitrogen functional groups attached to an aromatic ring is 1. The molecule has 0 spiro atoms. The molecule has 0 unspecified atom stereocenters. The standard InChI is InChI=1S/C23H25BrN4O2/c1-16(2)11-12-18(23-27-21(24)20-22(25)26-13-14-28(20)23)9-6-10-19(29)30-15-17-7-4-3-5-8-17/h3-5,7-8,13-14,16,18H,9,11-12,15H2,1-2H3,(H2,25,26)/t18-/m0/s1. The minimum absolute atomic E-state index is 0.0578. The van der Waals surface area contributed by atoms with Crippen molar-refractivity contribution in [1.82, 2.24) is 14.4 Å². The van der Waals surface area contributed by atoms with Gasteiger partial charge in [0.1, 0.15) is 22.6 Å². The highest BCUT2D eigenvalue weighted by molar-refractivity contribution is 9.10. The second-order valence-electron chi connectivity index (χ2n) is 7.53. The van der Waals surface area contributed by atoms with E-state index in [1.807, 2.05) is 40.9 Å². The topological polar surface area (TPSA) is 82.5 Å². The third kappa shape index (κ3) is 5.61. The Kier molecular flexibility index (Phi) is 7.47. The van der Waals surface area contributed by atoms with Gasteiger partial charge in [0.05, 0.1) is 0 Å². The van der Waals surface area contributed by atoms with Gasteiger partial charge in [-0.3, -0.25) is 4.40 Å². The fourth-order valence-corrected chi connectivity index (χ4v) is 3.77. The molecule has 0 aliphatic rings. The van der Waals surface area contributed by atoms with Gasteiger partial charge in [-0.2, -0.15) is 0 Å². The largest absolute Gasteiger partial charge is 0.451 e. The van der Waals surface area contributed by atoms with Gasteiger partial charge in [-0.1, -0.05) is 56.5 Å². The van der Waals surface area contributed by atoms with E-state index in [-0.39, 0.29) is 12.5 Å². The fourth-order valence-electron chi connectivity index (χ4n) is 3.19. The maximum Gasteiger partial charge on any atom is 0.384 e. The van der Waals surface area contributed by atoms with Crippen LogP contribution in [0.1, 0.15) is 50.4 Å². The summed E-state index contributed by atoms with van der Waals surface area (Å²) in [5.74, 6) is 6.97. The number of carbonyl (C=O) groups is 1. The highest BCUT2D eigenvalue weighted by atomic mass is 79.9. The van der Waals surface area contributed by atoms with Crippen LogP contribution in [-0.2, 0) is 16.1 Å². The molecule has 0 saturated heterocycles. The van der Waals surface area contributed by atoms with Gasteiger partial charge in [-0.15, -0.1) is 0 Å². The Balaban J connectivity index is 1.73. The third-order valence-corrected chi connectivity index (χ3v) is 5.33. The molecule has 2 aromatic heterocycles. The molecule has 3 rings (SSSR count). The second kappa shape index (κ2) is 10.3.